The summed E-state index contributed by atoms with van der Waals surface area (Å²) >= 11 is 0. The van der Waals surface area contributed by atoms with Crippen LogP contribution < -0.4 is 5.32 Å². The smallest absolute Gasteiger partial charge is 0.208 e. The minimum atomic E-state index is 0.199. The maximum absolute atomic E-state index is 9.84. The molecule has 0 saturated heterocycles. The van der Waals surface area contributed by atoms with Crippen molar-refractivity contribution in [1.82, 2.24) is 5.32 Å². The Labute approximate surface area is 76.1 Å². The van der Waals surface area contributed by atoms with Gasteiger partial charge < -0.3 is 15.2 Å². The summed E-state index contributed by atoms with van der Waals surface area (Å²) in [6.45, 7) is 0.617. The number of aromatic hydroxyl groups is 1. The van der Waals surface area contributed by atoms with Crippen molar-refractivity contribution in [2.45, 2.75) is 6.61 Å². The van der Waals surface area contributed by atoms with E-state index in [9.17, 15) is 4.79 Å². The number of nitrogens with one attached hydrogen (secondary N) is 1. The molecule has 4 nitrogen and oxygen atoms in total. The van der Waals surface area contributed by atoms with Gasteiger partial charge in [-0.3, -0.25) is 4.79 Å². The van der Waals surface area contributed by atoms with Gasteiger partial charge in [0.15, 0.2) is 0 Å². The molecule has 70 valence electrons. The van der Waals surface area contributed by atoms with Crippen LogP contribution in [0.2, 0.25) is 0 Å². The second-order valence-corrected chi connectivity index (χ2v) is 2.48. The van der Waals surface area contributed by atoms with E-state index in [4.69, 9.17) is 9.84 Å². The van der Waals surface area contributed by atoms with Crippen molar-refractivity contribution in [2.24, 2.45) is 0 Å². The number of phenols is 1. The lowest BCUT2D eigenvalue weighted by Crippen LogP contribution is -2.14. The summed E-state index contributed by atoms with van der Waals surface area (Å²) in [6.07, 6.45) is 0.580. The summed E-state index contributed by atoms with van der Waals surface area (Å²) in [5.41, 5.74) is 0.950. The molecular weight excluding hydrogens is 170 g/mol. The number of phenolic OH excluding ortho intramolecular Hbond substituents is 1. The van der Waals surface area contributed by atoms with Crippen molar-refractivity contribution >= 4 is 6.41 Å². The van der Waals surface area contributed by atoms with Gasteiger partial charge in [0.1, 0.15) is 12.5 Å². The SMILES string of the molecule is O=CNCOCc1ccc(O)cc1. The Morgan fingerprint density at radius 2 is 2.08 bits per heavy atom. The molecule has 0 aromatic heterocycles. The van der Waals surface area contributed by atoms with Gasteiger partial charge in [-0.25, -0.2) is 0 Å². The normalized spacial score (nSPS) is 9.54. The zero-order chi connectivity index (χ0) is 9.52. The minimum absolute atomic E-state index is 0.199. The van der Waals surface area contributed by atoms with Crippen LogP contribution in [0.1, 0.15) is 5.56 Å². The Balaban J connectivity index is 2.28. The molecule has 0 unspecified atom stereocenters. The quantitative estimate of drug-likeness (QED) is 0.397. The summed E-state index contributed by atoms with van der Waals surface area (Å²) in [5, 5.41) is 11.3. The molecule has 0 atom stereocenters. The summed E-state index contributed by atoms with van der Waals surface area (Å²) in [4.78, 5) is 9.84. The van der Waals surface area contributed by atoms with Gasteiger partial charge in [0.25, 0.3) is 0 Å². The molecule has 4 heteroatoms. The van der Waals surface area contributed by atoms with Crippen LogP contribution >= 0.6 is 0 Å². The fraction of sp³-hybridized carbons (Fsp3) is 0.222. The monoisotopic (exact) mass is 181 g/mol. The zero-order valence-electron chi connectivity index (χ0n) is 7.06. The van der Waals surface area contributed by atoms with E-state index >= 15 is 0 Å². The Morgan fingerprint density at radius 1 is 1.38 bits per heavy atom. The average Bonchev–Trinajstić information content (AvgIpc) is 2.15. The molecule has 0 radical (unpaired) electrons. The average molecular weight is 181 g/mol. The van der Waals surface area contributed by atoms with Crippen LogP contribution in [0.25, 0.3) is 0 Å². The van der Waals surface area contributed by atoms with Gasteiger partial charge in [0.05, 0.1) is 6.61 Å². The molecule has 13 heavy (non-hydrogen) atoms. The van der Waals surface area contributed by atoms with Crippen LogP contribution in [0.4, 0.5) is 0 Å². The van der Waals surface area contributed by atoms with E-state index in [-0.39, 0.29) is 12.5 Å². The molecule has 0 fully saturated rings. The molecule has 1 aromatic carbocycles. The van der Waals surface area contributed by atoms with Crippen molar-refractivity contribution in [1.29, 1.82) is 0 Å². The van der Waals surface area contributed by atoms with Gasteiger partial charge in [0.2, 0.25) is 6.41 Å². The molecule has 0 bridgehead atoms. The maximum Gasteiger partial charge on any atom is 0.208 e. The van der Waals surface area contributed by atoms with E-state index in [1.807, 2.05) is 0 Å². The molecule has 0 heterocycles. The second kappa shape index (κ2) is 5.16. The van der Waals surface area contributed by atoms with Gasteiger partial charge in [0, 0.05) is 0 Å². The first-order valence-electron chi connectivity index (χ1n) is 3.85. The molecule has 1 amide bonds. The first kappa shape index (κ1) is 9.54. The Bertz CT molecular complexity index is 258. The van der Waals surface area contributed by atoms with E-state index in [0.717, 1.165) is 5.56 Å². The van der Waals surface area contributed by atoms with Crippen LogP contribution in [0.3, 0.4) is 0 Å². The summed E-state index contributed by atoms with van der Waals surface area (Å²) in [5.74, 6) is 0.231. The third kappa shape index (κ3) is 3.57. The molecule has 1 rings (SSSR count). The minimum Gasteiger partial charge on any atom is -0.508 e. The number of benzene rings is 1. The third-order valence-electron chi connectivity index (χ3n) is 1.47. The number of hydrogen-bond acceptors (Lipinski definition) is 3. The highest BCUT2D eigenvalue weighted by molar-refractivity contribution is 5.45. The van der Waals surface area contributed by atoms with Crippen molar-refractivity contribution in [2.75, 3.05) is 6.73 Å². The van der Waals surface area contributed by atoms with Gasteiger partial charge in [-0.1, -0.05) is 12.1 Å². The van der Waals surface area contributed by atoms with Crippen LogP contribution in [0.5, 0.6) is 5.75 Å². The van der Waals surface area contributed by atoms with E-state index < -0.39 is 0 Å². The third-order valence-corrected chi connectivity index (χ3v) is 1.47. The predicted octanol–water partition coefficient (Wildman–Crippen LogP) is 0.612. The number of hydrogen-bond donors (Lipinski definition) is 2. The second-order valence-electron chi connectivity index (χ2n) is 2.48. The fourth-order valence-electron chi connectivity index (χ4n) is 0.854. The van der Waals surface area contributed by atoms with Gasteiger partial charge in [-0.05, 0) is 17.7 Å². The molecule has 0 aliphatic carbocycles. The van der Waals surface area contributed by atoms with E-state index in [1.54, 1.807) is 24.3 Å². The lowest BCUT2D eigenvalue weighted by molar-refractivity contribution is -0.111. The van der Waals surface area contributed by atoms with E-state index in [2.05, 4.69) is 5.32 Å². The van der Waals surface area contributed by atoms with Crippen LogP contribution in [-0.2, 0) is 16.1 Å². The van der Waals surface area contributed by atoms with Crippen molar-refractivity contribution in [3.63, 3.8) is 0 Å². The van der Waals surface area contributed by atoms with Crippen LogP contribution in [-0.4, -0.2) is 18.2 Å². The Morgan fingerprint density at radius 3 is 2.69 bits per heavy atom. The van der Waals surface area contributed by atoms with Crippen LogP contribution in [0.15, 0.2) is 24.3 Å². The Kier molecular flexibility index (Phi) is 3.78. The highest BCUT2D eigenvalue weighted by atomic mass is 16.5. The van der Waals surface area contributed by atoms with Crippen molar-refractivity contribution in [3.05, 3.63) is 29.8 Å². The Hall–Kier alpha value is -1.55. The molecule has 0 aliphatic rings. The van der Waals surface area contributed by atoms with Gasteiger partial charge in [-0.2, -0.15) is 0 Å². The maximum atomic E-state index is 9.84. The van der Waals surface area contributed by atoms with Crippen LogP contribution in [0, 0.1) is 0 Å². The van der Waals surface area contributed by atoms with Crippen molar-refractivity contribution in [3.8, 4) is 5.75 Å². The number of carbonyl (C=O) groups excluding carboxylic acids is 1. The predicted molar refractivity (Wildman–Crippen MR) is 47.0 cm³/mol. The lowest BCUT2D eigenvalue weighted by atomic mass is 10.2. The standard InChI is InChI=1S/C9H11NO3/c11-6-10-7-13-5-8-1-3-9(12)4-2-8/h1-4,6,12H,5,7H2,(H,10,11). The molecule has 0 spiro atoms. The summed E-state index contributed by atoms with van der Waals surface area (Å²) in [6, 6.07) is 6.70. The molecule has 2 N–H and O–H groups in total. The van der Waals surface area contributed by atoms with E-state index in [1.165, 1.54) is 0 Å². The number of carbonyl (C=O) groups is 1. The highest BCUT2D eigenvalue weighted by Crippen LogP contribution is 2.09. The summed E-state index contributed by atoms with van der Waals surface area (Å²) in [7, 11) is 0. The first-order valence-corrected chi connectivity index (χ1v) is 3.85. The number of rotatable bonds is 5. The molecule has 1 aromatic rings. The van der Waals surface area contributed by atoms with E-state index in [0.29, 0.717) is 13.0 Å². The molecular formula is C9H11NO3. The number of ether oxygens (including phenoxy) is 1. The molecule has 0 aliphatic heterocycles. The zero-order valence-corrected chi connectivity index (χ0v) is 7.06. The topological polar surface area (TPSA) is 58.6 Å². The molecule has 0 saturated carbocycles. The number of amides is 1. The van der Waals surface area contributed by atoms with Crippen molar-refractivity contribution < 1.29 is 14.6 Å². The van der Waals surface area contributed by atoms with Gasteiger partial charge in [-0.15, -0.1) is 0 Å². The first-order chi connectivity index (χ1) is 6.33. The largest absolute Gasteiger partial charge is 0.508 e. The fourth-order valence-corrected chi connectivity index (χ4v) is 0.854. The lowest BCUT2D eigenvalue weighted by Gasteiger charge is -2.02. The summed E-state index contributed by atoms with van der Waals surface area (Å²) < 4.78 is 5.08. The van der Waals surface area contributed by atoms with Gasteiger partial charge >= 0.3 is 0 Å². The highest BCUT2D eigenvalue weighted by Gasteiger charge is 1.92.